The molecule has 0 aliphatic carbocycles. The minimum absolute atomic E-state index is 0.323. The molecule has 1 aromatic carbocycles. The van der Waals surface area contributed by atoms with E-state index in [0.717, 1.165) is 34.2 Å². The van der Waals surface area contributed by atoms with Crippen LogP contribution in [0.15, 0.2) is 24.3 Å². The van der Waals surface area contributed by atoms with Crippen LogP contribution in [0.5, 0.6) is 5.75 Å². The van der Waals surface area contributed by atoms with Crippen LogP contribution in [-0.4, -0.2) is 11.6 Å². The van der Waals surface area contributed by atoms with Crippen LogP contribution >= 0.6 is 11.3 Å². The lowest BCUT2D eigenvalue weighted by Crippen LogP contribution is -2.28. The standard InChI is InChI=1S/C17H24N2OS/c1-5-13-7-6-8-14(11-13)20-10-9-15-19-12(2)16(21-15)17(3,4)18/h6-8,11H,5,9-10,18H2,1-4H3. The smallest absolute Gasteiger partial charge is 0.119 e. The molecule has 0 unspecified atom stereocenters. The van der Waals surface area contributed by atoms with Crippen LogP contribution in [0, 0.1) is 6.92 Å². The summed E-state index contributed by atoms with van der Waals surface area (Å²) in [6, 6.07) is 8.26. The van der Waals surface area contributed by atoms with Crippen molar-refractivity contribution in [2.24, 2.45) is 5.73 Å². The number of ether oxygens (including phenoxy) is 1. The quantitative estimate of drug-likeness (QED) is 0.882. The lowest BCUT2D eigenvalue weighted by Gasteiger charge is -2.16. The monoisotopic (exact) mass is 304 g/mol. The number of nitrogens with zero attached hydrogens (tertiary/aromatic N) is 1. The van der Waals surface area contributed by atoms with E-state index in [-0.39, 0.29) is 5.54 Å². The molecule has 0 radical (unpaired) electrons. The van der Waals surface area contributed by atoms with Crippen molar-refractivity contribution in [1.82, 2.24) is 4.98 Å². The second kappa shape index (κ2) is 6.58. The Hall–Kier alpha value is -1.39. The highest BCUT2D eigenvalue weighted by molar-refractivity contribution is 7.11. The van der Waals surface area contributed by atoms with Crippen molar-refractivity contribution in [2.75, 3.05) is 6.61 Å². The minimum Gasteiger partial charge on any atom is -0.493 e. The summed E-state index contributed by atoms with van der Waals surface area (Å²) >= 11 is 1.69. The van der Waals surface area contributed by atoms with E-state index in [1.54, 1.807) is 11.3 Å². The van der Waals surface area contributed by atoms with Gasteiger partial charge < -0.3 is 10.5 Å². The molecular formula is C17H24N2OS. The summed E-state index contributed by atoms with van der Waals surface area (Å²) in [7, 11) is 0. The highest BCUT2D eigenvalue weighted by atomic mass is 32.1. The van der Waals surface area contributed by atoms with Crippen LogP contribution < -0.4 is 10.5 Å². The van der Waals surface area contributed by atoms with Crippen LogP contribution in [0.4, 0.5) is 0 Å². The average Bonchev–Trinajstić information content (AvgIpc) is 2.80. The van der Waals surface area contributed by atoms with Gasteiger partial charge in [-0.1, -0.05) is 19.1 Å². The van der Waals surface area contributed by atoms with Gasteiger partial charge in [-0.25, -0.2) is 4.98 Å². The predicted molar refractivity (Wildman–Crippen MR) is 89.1 cm³/mol. The van der Waals surface area contributed by atoms with E-state index in [1.807, 2.05) is 32.9 Å². The normalized spacial score (nSPS) is 11.7. The van der Waals surface area contributed by atoms with E-state index in [1.165, 1.54) is 5.56 Å². The van der Waals surface area contributed by atoms with Crippen molar-refractivity contribution in [3.05, 3.63) is 45.4 Å². The number of hydrogen-bond acceptors (Lipinski definition) is 4. The first-order valence-corrected chi connectivity index (χ1v) is 8.19. The molecule has 0 saturated carbocycles. The van der Waals surface area contributed by atoms with Gasteiger partial charge in [-0.05, 0) is 44.9 Å². The molecule has 0 atom stereocenters. The number of thiazole rings is 1. The number of aryl methyl sites for hydroxylation is 2. The molecule has 0 fully saturated rings. The van der Waals surface area contributed by atoms with E-state index in [2.05, 4.69) is 24.0 Å². The molecule has 1 aromatic heterocycles. The maximum Gasteiger partial charge on any atom is 0.119 e. The zero-order valence-electron chi connectivity index (χ0n) is 13.3. The maximum atomic E-state index is 6.16. The fourth-order valence-corrected chi connectivity index (χ4v) is 3.33. The first-order chi connectivity index (χ1) is 9.90. The summed E-state index contributed by atoms with van der Waals surface area (Å²) in [6.45, 7) is 8.85. The van der Waals surface area contributed by atoms with Gasteiger partial charge in [0.1, 0.15) is 5.75 Å². The number of hydrogen-bond donors (Lipinski definition) is 1. The number of rotatable bonds is 6. The maximum absolute atomic E-state index is 6.16. The van der Waals surface area contributed by atoms with E-state index in [4.69, 9.17) is 10.5 Å². The first-order valence-electron chi connectivity index (χ1n) is 7.37. The third-order valence-electron chi connectivity index (χ3n) is 3.32. The fraction of sp³-hybridized carbons (Fsp3) is 0.471. The van der Waals surface area contributed by atoms with Crippen molar-refractivity contribution in [2.45, 2.75) is 46.1 Å². The van der Waals surface area contributed by atoms with Gasteiger partial charge in [0.15, 0.2) is 0 Å². The van der Waals surface area contributed by atoms with Gasteiger partial charge in [-0.2, -0.15) is 0 Å². The summed E-state index contributed by atoms with van der Waals surface area (Å²) in [5.74, 6) is 0.932. The third-order valence-corrected chi connectivity index (χ3v) is 4.87. The van der Waals surface area contributed by atoms with Gasteiger partial charge in [0.2, 0.25) is 0 Å². The topological polar surface area (TPSA) is 48.1 Å². The Bertz CT molecular complexity index is 599. The highest BCUT2D eigenvalue weighted by Gasteiger charge is 2.21. The van der Waals surface area contributed by atoms with Gasteiger partial charge in [-0.15, -0.1) is 11.3 Å². The number of benzene rings is 1. The van der Waals surface area contributed by atoms with Crippen LogP contribution in [0.3, 0.4) is 0 Å². The molecule has 0 saturated heterocycles. The Morgan fingerprint density at radius 1 is 1.33 bits per heavy atom. The van der Waals surface area contributed by atoms with Crippen molar-refractivity contribution < 1.29 is 4.74 Å². The predicted octanol–water partition coefficient (Wildman–Crippen LogP) is 3.83. The molecule has 2 N–H and O–H groups in total. The molecule has 2 aromatic rings. The molecule has 0 aliphatic rings. The molecule has 4 heteroatoms. The van der Waals surface area contributed by atoms with E-state index in [0.29, 0.717) is 6.61 Å². The van der Waals surface area contributed by atoms with E-state index in [9.17, 15) is 0 Å². The fourth-order valence-electron chi connectivity index (χ4n) is 2.27. The van der Waals surface area contributed by atoms with Crippen molar-refractivity contribution in [3.8, 4) is 5.75 Å². The van der Waals surface area contributed by atoms with Crippen LogP contribution in [0.25, 0.3) is 0 Å². The molecule has 21 heavy (non-hydrogen) atoms. The Morgan fingerprint density at radius 3 is 2.71 bits per heavy atom. The summed E-state index contributed by atoms with van der Waals surface area (Å²) < 4.78 is 5.82. The van der Waals surface area contributed by atoms with Gasteiger partial charge in [0, 0.05) is 16.8 Å². The summed E-state index contributed by atoms with van der Waals surface area (Å²) in [6.07, 6.45) is 1.84. The second-order valence-electron chi connectivity index (χ2n) is 5.84. The molecule has 0 bridgehead atoms. The van der Waals surface area contributed by atoms with Crippen LogP contribution in [-0.2, 0) is 18.4 Å². The largest absolute Gasteiger partial charge is 0.493 e. The van der Waals surface area contributed by atoms with Gasteiger partial charge in [0.05, 0.1) is 17.3 Å². The van der Waals surface area contributed by atoms with Crippen molar-refractivity contribution in [1.29, 1.82) is 0 Å². The molecular weight excluding hydrogens is 280 g/mol. The Labute approximate surface area is 131 Å². The van der Waals surface area contributed by atoms with Gasteiger partial charge in [0.25, 0.3) is 0 Å². The molecule has 1 heterocycles. The molecule has 114 valence electrons. The van der Waals surface area contributed by atoms with E-state index < -0.39 is 0 Å². The SMILES string of the molecule is CCc1cccc(OCCc2nc(C)c(C(C)(C)N)s2)c1. The molecule has 2 rings (SSSR count). The summed E-state index contributed by atoms with van der Waals surface area (Å²) in [4.78, 5) is 5.76. The summed E-state index contributed by atoms with van der Waals surface area (Å²) in [5.41, 5.74) is 8.17. The lowest BCUT2D eigenvalue weighted by molar-refractivity contribution is 0.321. The zero-order chi connectivity index (χ0) is 15.5. The first kappa shape index (κ1) is 16.0. The van der Waals surface area contributed by atoms with Gasteiger partial charge in [-0.3, -0.25) is 0 Å². The van der Waals surface area contributed by atoms with E-state index >= 15 is 0 Å². The highest BCUT2D eigenvalue weighted by Crippen LogP contribution is 2.28. The summed E-state index contributed by atoms with van der Waals surface area (Å²) in [5, 5.41) is 1.09. The van der Waals surface area contributed by atoms with Gasteiger partial charge >= 0.3 is 0 Å². The van der Waals surface area contributed by atoms with Crippen LogP contribution in [0.1, 0.15) is 41.9 Å². The lowest BCUT2D eigenvalue weighted by atomic mass is 10.0. The Kier molecular flexibility index (Phi) is 5.01. The van der Waals surface area contributed by atoms with Crippen molar-refractivity contribution in [3.63, 3.8) is 0 Å². The molecule has 0 amide bonds. The second-order valence-corrected chi connectivity index (χ2v) is 6.93. The van der Waals surface area contributed by atoms with Crippen LogP contribution in [0.2, 0.25) is 0 Å². The Morgan fingerprint density at radius 2 is 2.10 bits per heavy atom. The average molecular weight is 304 g/mol. The zero-order valence-corrected chi connectivity index (χ0v) is 14.1. The van der Waals surface area contributed by atoms with Crippen molar-refractivity contribution >= 4 is 11.3 Å². The Balaban J connectivity index is 1.94. The minimum atomic E-state index is -0.323. The molecule has 0 aliphatic heterocycles. The number of aromatic nitrogens is 1. The number of nitrogens with two attached hydrogens (primary N) is 1. The molecule has 3 nitrogen and oxygen atoms in total. The molecule has 0 spiro atoms. The third kappa shape index (κ3) is 4.29.